The van der Waals surface area contributed by atoms with E-state index < -0.39 is 0 Å². The first-order valence-electron chi connectivity index (χ1n) is 35.4. The second-order valence-electron chi connectivity index (χ2n) is 31.8. The predicted octanol–water partition coefficient (Wildman–Crippen LogP) is 23.8. The Morgan fingerprint density at radius 3 is 0.960 bits per heavy atom. The molecule has 17 rings (SSSR count). The summed E-state index contributed by atoms with van der Waals surface area (Å²) in [5, 5.41) is 4.92. The summed E-state index contributed by atoms with van der Waals surface area (Å²) in [6.07, 6.45) is 0. The summed E-state index contributed by atoms with van der Waals surface area (Å²) in [7, 11) is 0. The molecule has 2 aromatic heterocycles. The number of nitrogens with zero attached hydrogens (tertiary/aromatic N) is 4. The maximum absolute atomic E-state index is 2.59. The Labute approximate surface area is 584 Å². The molecular formula is C94H83BN4. The van der Waals surface area contributed by atoms with Crippen LogP contribution in [0, 0.1) is 0 Å². The van der Waals surface area contributed by atoms with Crippen LogP contribution in [0.5, 0.6) is 0 Å². The lowest BCUT2D eigenvalue weighted by atomic mass is 9.33. The van der Waals surface area contributed by atoms with Gasteiger partial charge in [0.25, 0.3) is 6.71 Å². The molecule has 0 N–H and O–H groups in total. The molecular weight excluding hydrogens is 1200 g/mol. The molecule has 0 radical (unpaired) electrons. The van der Waals surface area contributed by atoms with Crippen molar-refractivity contribution >= 4 is 101 Å². The molecule has 0 saturated carbocycles. The van der Waals surface area contributed by atoms with Crippen molar-refractivity contribution in [1.29, 1.82) is 0 Å². The number of rotatable bonds is 8. The Balaban J connectivity index is 0.989. The van der Waals surface area contributed by atoms with Crippen molar-refractivity contribution in [2.75, 3.05) is 9.80 Å². The standard InChI is InChI=1S/C94H83BN4/c1-91(2,3)64-52-62(53-65(56-64)92(4,5)6)72-38-27-40-76-74-36-21-25-44-82(74)96(89(72)76)68-48-50-84-78(58-68)95-79-59-69(97-83-45-26-22-37-75(83)77-41-28-39-73(90(77)97)63-54-66(93(7,8)9)57-67(55-63)94(10,11)12)49-51-85(79)99(81-43-24-20-35-71(81)61-32-17-14-18-33-61)87-47-29-46-86(88(87)95)98(84)80-42-23-19-34-70(80)60-30-15-13-16-31-60/h13-59H,1-12H3. The van der Waals surface area contributed by atoms with Crippen molar-refractivity contribution in [2.24, 2.45) is 0 Å². The predicted molar refractivity (Wildman–Crippen MR) is 426 cm³/mol. The van der Waals surface area contributed by atoms with Gasteiger partial charge in [-0.3, -0.25) is 0 Å². The lowest BCUT2D eigenvalue weighted by molar-refractivity contribution is 0.568. The van der Waals surface area contributed by atoms with Crippen LogP contribution in [-0.4, -0.2) is 15.8 Å². The zero-order chi connectivity index (χ0) is 68.0. The molecule has 4 heterocycles. The summed E-state index contributed by atoms with van der Waals surface area (Å²) in [6.45, 7) is 27.9. The summed E-state index contributed by atoms with van der Waals surface area (Å²) in [6, 6.07) is 109. The molecule has 0 aliphatic carbocycles. The summed E-state index contributed by atoms with van der Waals surface area (Å²) >= 11 is 0. The van der Waals surface area contributed by atoms with Crippen LogP contribution >= 0.6 is 0 Å². The highest BCUT2D eigenvalue weighted by atomic mass is 15.2. The number of fused-ring (bicyclic) bond motifs is 10. The van der Waals surface area contributed by atoms with Gasteiger partial charge in [0.1, 0.15) is 0 Å². The number of hydrogen-bond donors (Lipinski definition) is 0. The summed E-state index contributed by atoms with van der Waals surface area (Å²) in [5.74, 6) is 0. The van der Waals surface area contributed by atoms with E-state index in [4.69, 9.17) is 0 Å². The summed E-state index contributed by atoms with van der Waals surface area (Å²) in [5.41, 5.74) is 32.2. The Bertz CT molecular complexity index is 5320. The van der Waals surface area contributed by atoms with Crippen LogP contribution in [0.2, 0.25) is 0 Å². The highest BCUT2D eigenvalue weighted by Crippen LogP contribution is 2.51. The molecule has 15 aromatic rings. The molecule has 0 unspecified atom stereocenters. The second kappa shape index (κ2) is 22.9. The van der Waals surface area contributed by atoms with Crippen molar-refractivity contribution in [1.82, 2.24) is 9.13 Å². The maximum Gasteiger partial charge on any atom is 0.252 e. The third-order valence-electron chi connectivity index (χ3n) is 21.3. The molecule has 4 nitrogen and oxygen atoms in total. The van der Waals surface area contributed by atoms with E-state index in [0.717, 1.165) is 56.6 Å². The first-order chi connectivity index (χ1) is 47.7. The van der Waals surface area contributed by atoms with Gasteiger partial charge in [-0.1, -0.05) is 295 Å². The van der Waals surface area contributed by atoms with Gasteiger partial charge in [0.15, 0.2) is 0 Å². The smallest absolute Gasteiger partial charge is 0.252 e. The van der Waals surface area contributed by atoms with E-state index in [1.165, 1.54) is 116 Å². The molecule has 5 heteroatoms. The number of hydrogen-bond acceptors (Lipinski definition) is 2. The van der Waals surface area contributed by atoms with Gasteiger partial charge >= 0.3 is 0 Å². The van der Waals surface area contributed by atoms with Gasteiger partial charge in [-0.25, -0.2) is 0 Å². The fourth-order valence-electron chi connectivity index (χ4n) is 16.1. The Hall–Kier alpha value is -10.9. The average molecular weight is 1280 g/mol. The lowest BCUT2D eigenvalue weighted by Crippen LogP contribution is -2.61. The van der Waals surface area contributed by atoms with Gasteiger partial charge in [-0.05, 0) is 155 Å². The van der Waals surface area contributed by atoms with E-state index in [-0.39, 0.29) is 28.4 Å². The van der Waals surface area contributed by atoms with E-state index in [2.05, 4.69) is 387 Å². The Morgan fingerprint density at radius 1 is 0.242 bits per heavy atom. The minimum Gasteiger partial charge on any atom is -0.311 e. The van der Waals surface area contributed by atoms with Crippen LogP contribution in [0.1, 0.15) is 105 Å². The molecule has 482 valence electrons. The zero-order valence-electron chi connectivity index (χ0n) is 59.0. The SMILES string of the molecule is CC(C)(C)c1cc(-c2cccc3c4ccccc4n(-c4ccc5c(c4)B4c6cc(-n7c8ccccc8c8cccc(-c9cc(C(C)(C)C)cc(C(C)(C)C)c9)c87)ccc6N(c6ccccc6-c6ccccc6)c6cccc(c64)N5c4ccccc4-c4ccccc4)c23)cc(C(C)(C)C)c1. The molecule has 0 amide bonds. The first kappa shape index (κ1) is 61.7. The van der Waals surface area contributed by atoms with Crippen molar-refractivity contribution in [3.8, 4) is 55.9 Å². The number of anilines is 6. The summed E-state index contributed by atoms with van der Waals surface area (Å²) in [4.78, 5) is 5.18. The van der Waals surface area contributed by atoms with Crippen molar-refractivity contribution in [3.05, 3.63) is 307 Å². The molecule has 0 fully saturated rings. The van der Waals surface area contributed by atoms with Gasteiger partial charge in [0, 0.05) is 77.9 Å². The third-order valence-corrected chi connectivity index (χ3v) is 21.3. The molecule has 2 aliphatic rings. The third kappa shape index (κ3) is 10.2. The molecule has 0 saturated heterocycles. The fraction of sp³-hybridized carbons (Fsp3) is 0.170. The molecule has 0 spiro atoms. The largest absolute Gasteiger partial charge is 0.311 e. The second-order valence-corrected chi connectivity index (χ2v) is 31.8. The van der Waals surface area contributed by atoms with E-state index in [0.29, 0.717) is 0 Å². The van der Waals surface area contributed by atoms with E-state index >= 15 is 0 Å². The number of para-hydroxylation sites is 6. The maximum atomic E-state index is 2.59. The van der Waals surface area contributed by atoms with Crippen molar-refractivity contribution in [2.45, 2.75) is 105 Å². The van der Waals surface area contributed by atoms with E-state index in [1.807, 2.05) is 0 Å². The van der Waals surface area contributed by atoms with E-state index in [1.54, 1.807) is 0 Å². The number of aromatic nitrogens is 2. The van der Waals surface area contributed by atoms with Crippen LogP contribution in [0.4, 0.5) is 34.1 Å². The quantitative estimate of drug-likeness (QED) is 0.141. The minimum atomic E-state index is -0.239. The summed E-state index contributed by atoms with van der Waals surface area (Å²) < 4.78 is 5.18. The van der Waals surface area contributed by atoms with Gasteiger partial charge in [-0.15, -0.1) is 0 Å². The van der Waals surface area contributed by atoms with Gasteiger partial charge < -0.3 is 18.9 Å². The highest BCUT2D eigenvalue weighted by Gasteiger charge is 2.45. The van der Waals surface area contributed by atoms with Crippen LogP contribution in [0.15, 0.2) is 285 Å². The lowest BCUT2D eigenvalue weighted by Gasteiger charge is -2.45. The normalized spacial score (nSPS) is 13.2. The molecule has 0 bridgehead atoms. The first-order valence-corrected chi connectivity index (χ1v) is 35.4. The van der Waals surface area contributed by atoms with Crippen LogP contribution < -0.4 is 26.2 Å². The molecule has 2 aliphatic heterocycles. The van der Waals surface area contributed by atoms with Crippen LogP contribution in [0.25, 0.3) is 99.5 Å². The van der Waals surface area contributed by atoms with Crippen LogP contribution in [0.3, 0.4) is 0 Å². The van der Waals surface area contributed by atoms with Gasteiger partial charge in [0.05, 0.1) is 33.4 Å². The van der Waals surface area contributed by atoms with E-state index in [9.17, 15) is 0 Å². The van der Waals surface area contributed by atoms with Crippen LogP contribution in [-0.2, 0) is 21.7 Å². The zero-order valence-corrected chi connectivity index (χ0v) is 59.0. The Kier molecular flexibility index (Phi) is 14.2. The number of benzene rings is 13. The van der Waals surface area contributed by atoms with Crippen molar-refractivity contribution in [3.63, 3.8) is 0 Å². The topological polar surface area (TPSA) is 16.3 Å². The van der Waals surface area contributed by atoms with Gasteiger partial charge in [-0.2, -0.15) is 0 Å². The molecule has 99 heavy (non-hydrogen) atoms. The highest BCUT2D eigenvalue weighted by molar-refractivity contribution is 7.00. The minimum absolute atomic E-state index is 0.0668. The average Bonchev–Trinajstić information content (AvgIpc) is 0.994. The Morgan fingerprint density at radius 2 is 0.566 bits per heavy atom. The molecule has 0 atom stereocenters. The fourth-order valence-corrected chi connectivity index (χ4v) is 16.1. The monoisotopic (exact) mass is 1280 g/mol. The van der Waals surface area contributed by atoms with Gasteiger partial charge in [0.2, 0.25) is 0 Å². The van der Waals surface area contributed by atoms with Crippen molar-refractivity contribution < 1.29 is 0 Å². The molecule has 13 aromatic carbocycles.